The van der Waals surface area contributed by atoms with Gasteiger partial charge in [-0.15, -0.1) is 0 Å². The lowest BCUT2D eigenvalue weighted by atomic mass is 10.0. The molecule has 4 heterocycles. The lowest BCUT2D eigenvalue weighted by Crippen LogP contribution is -2.36. The molecule has 0 aliphatic carbocycles. The van der Waals surface area contributed by atoms with Crippen LogP contribution in [-0.4, -0.2) is 77.8 Å². The number of benzene rings is 1. The molecule has 2 unspecified atom stereocenters. The van der Waals surface area contributed by atoms with E-state index in [0.717, 1.165) is 25.9 Å². The van der Waals surface area contributed by atoms with Crippen molar-refractivity contribution in [3.63, 3.8) is 0 Å². The van der Waals surface area contributed by atoms with Gasteiger partial charge in [-0.3, -0.25) is 9.69 Å². The largest absolute Gasteiger partial charge is 0.418 e. The number of hydrogen-bond donors (Lipinski definition) is 0. The van der Waals surface area contributed by atoms with E-state index < -0.39 is 11.7 Å². The van der Waals surface area contributed by atoms with Crippen LogP contribution in [0.2, 0.25) is 0 Å². The Kier molecular flexibility index (Phi) is 6.44. The van der Waals surface area contributed by atoms with Crippen LogP contribution in [-0.2, 0) is 17.5 Å². The third-order valence-corrected chi connectivity index (χ3v) is 7.68. The van der Waals surface area contributed by atoms with Crippen LogP contribution in [0.5, 0.6) is 0 Å². The molecule has 0 N–H and O–H groups in total. The molecule has 2 aromatic rings. The minimum atomic E-state index is -4.39. The Morgan fingerprint density at radius 3 is 2.36 bits per heavy atom. The second-order valence-corrected chi connectivity index (χ2v) is 10.2. The highest BCUT2D eigenvalue weighted by atomic mass is 19.4. The monoisotopic (exact) mass is 504 g/mol. The number of rotatable bonds is 4. The van der Waals surface area contributed by atoms with E-state index in [0.29, 0.717) is 44.0 Å². The molecule has 3 fully saturated rings. The molecule has 0 spiro atoms. The summed E-state index contributed by atoms with van der Waals surface area (Å²) < 4.78 is 42.7. The van der Waals surface area contributed by atoms with Crippen molar-refractivity contribution in [2.75, 3.05) is 56.1 Å². The Morgan fingerprint density at radius 1 is 1.08 bits per heavy atom. The van der Waals surface area contributed by atoms with Crippen molar-refractivity contribution >= 4 is 23.3 Å². The Balaban J connectivity index is 1.21. The van der Waals surface area contributed by atoms with Crippen LogP contribution in [0, 0.1) is 11.8 Å². The lowest BCUT2D eigenvalue weighted by molar-refractivity contribution is -0.137. The average molecular weight is 505 g/mol. The highest BCUT2D eigenvalue weighted by Gasteiger charge is 2.42. The third kappa shape index (κ3) is 4.80. The van der Waals surface area contributed by atoms with Gasteiger partial charge in [0.1, 0.15) is 0 Å². The van der Waals surface area contributed by atoms with E-state index in [2.05, 4.69) is 10.00 Å². The number of carbonyl (C=O) groups excluding carboxylic acids is 2. The molecule has 1 aromatic carbocycles. The second-order valence-electron chi connectivity index (χ2n) is 10.2. The number of carbonyl (C=O) groups is 2. The van der Waals surface area contributed by atoms with Gasteiger partial charge in [-0.2, -0.15) is 23.0 Å². The molecule has 11 heteroatoms. The molecule has 0 bridgehead atoms. The van der Waals surface area contributed by atoms with E-state index in [9.17, 15) is 22.8 Å². The number of likely N-dealkylation sites (tertiary alicyclic amines) is 2. The molecule has 0 saturated carbocycles. The predicted octanol–water partition coefficient (Wildman–Crippen LogP) is 3.52. The maximum Gasteiger partial charge on any atom is 0.418 e. The van der Waals surface area contributed by atoms with Crippen LogP contribution in [0.15, 0.2) is 30.6 Å². The number of hydrogen-bond acceptors (Lipinski definition) is 5. The van der Waals surface area contributed by atoms with E-state index in [1.807, 2.05) is 11.0 Å². The highest BCUT2D eigenvalue weighted by molar-refractivity contribution is 5.91. The fourth-order valence-electron chi connectivity index (χ4n) is 5.69. The summed E-state index contributed by atoms with van der Waals surface area (Å²) in [6, 6.07) is 4.53. The van der Waals surface area contributed by atoms with Crippen molar-refractivity contribution < 1.29 is 22.8 Å². The summed E-state index contributed by atoms with van der Waals surface area (Å²) in [5.41, 5.74) is 0.951. The third-order valence-electron chi connectivity index (χ3n) is 7.68. The molecule has 2 amide bonds. The molecule has 0 radical (unpaired) electrons. The van der Waals surface area contributed by atoms with Gasteiger partial charge in [0.15, 0.2) is 0 Å². The zero-order valence-corrected chi connectivity index (χ0v) is 20.5. The Labute approximate surface area is 208 Å². The number of nitrogens with zero attached hydrogens (tertiary/aromatic N) is 6. The van der Waals surface area contributed by atoms with Crippen LogP contribution < -0.4 is 9.80 Å². The van der Waals surface area contributed by atoms with Crippen LogP contribution in [0.3, 0.4) is 0 Å². The fourth-order valence-corrected chi connectivity index (χ4v) is 5.69. The Bertz CT molecular complexity index is 1130. The van der Waals surface area contributed by atoms with Crippen molar-refractivity contribution in [1.29, 1.82) is 0 Å². The molecule has 5 rings (SSSR count). The molecular weight excluding hydrogens is 473 g/mol. The van der Waals surface area contributed by atoms with Crippen LogP contribution in [0.4, 0.5) is 29.3 Å². The van der Waals surface area contributed by atoms with Gasteiger partial charge in [-0.05, 0) is 42.4 Å². The fraction of sp³-hybridized carbons (Fsp3) is 0.560. The summed E-state index contributed by atoms with van der Waals surface area (Å²) in [4.78, 5) is 31.7. The van der Waals surface area contributed by atoms with Gasteiger partial charge in [0.25, 0.3) is 0 Å². The normalized spacial score (nSPS) is 22.4. The average Bonchev–Trinajstić information content (AvgIpc) is 3.61. The van der Waals surface area contributed by atoms with Gasteiger partial charge in [0.2, 0.25) is 5.91 Å². The van der Waals surface area contributed by atoms with Gasteiger partial charge in [0.05, 0.1) is 23.6 Å². The van der Waals surface area contributed by atoms with E-state index in [-0.39, 0.29) is 29.5 Å². The minimum absolute atomic E-state index is 0.147. The summed E-state index contributed by atoms with van der Waals surface area (Å²) in [5, 5.41) is 4.12. The first-order valence-corrected chi connectivity index (χ1v) is 12.4. The number of aromatic nitrogens is 2. The summed E-state index contributed by atoms with van der Waals surface area (Å²) >= 11 is 0. The maximum atomic E-state index is 13.8. The van der Waals surface area contributed by atoms with Crippen molar-refractivity contribution in [1.82, 2.24) is 19.6 Å². The molecule has 2 atom stereocenters. The zero-order valence-electron chi connectivity index (χ0n) is 20.5. The van der Waals surface area contributed by atoms with E-state index in [4.69, 9.17) is 0 Å². The van der Waals surface area contributed by atoms with E-state index in [1.54, 1.807) is 24.2 Å². The van der Waals surface area contributed by atoms with E-state index in [1.165, 1.54) is 28.8 Å². The van der Waals surface area contributed by atoms with Crippen LogP contribution in [0.25, 0.3) is 0 Å². The highest BCUT2D eigenvalue weighted by Crippen LogP contribution is 2.39. The summed E-state index contributed by atoms with van der Waals surface area (Å²) in [7, 11) is 1.63. The zero-order chi connectivity index (χ0) is 25.6. The molecule has 3 aliphatic heterocycles. The van der Waals surface area contributed by atoms with Crippen molar-refractivity contribution in [2.24, 2.45) is 11.8 Å². The van der Waals surface area contributed by atoms with Gasteiger partial charge in [-0.25, -0.2) is 4.79 Å². The van der Waals surface area contributed by atoms with Gasteiger partial charge in [-0.1, -0.05) is 6.07 Å². The summed E-state index contributed by atoms with van der Waals surface area (Å²) in [6.45, 7) is 5.88. The molecule has 8 nitrogen and oxygen atoms in total. The number of amides is 2. The summed E-state index contributed by atoms with van der Waals surface area (Å²) in [5.74, 6) is 0.399. The van der Waals surface area contributed by atoms with Gasteiger partial charge < -0.3 is 14.7 Å². The molecule has 3 saturated heterocycles. The Hall–Kier alpha value is -3.08. The number of alkyl halides is 3. The first kappa shape index (κ1) is 24.6. The lowest BCUT2D eigenvalue weighted by Gasteiger charge is -2.25. The van der Waals surface area contributed by atoms with Gasteiger partial charge >= 0.3 is 12.2 Å². The number of halogens is 3. The van der Waals surface area contributed by atoms with Crippen molar-refractivity contribution in [2.45, 2.75) is 32.5 Å². The Morgan fingerprint density at radius 2 is 1.75 bits per heavy atom. The van der Waals surface area contributed by atoms with Crippen LogP contribution >= 0.6 is 0 Å². The predicted molar refractivity (Wildman–Crippen MR) is 129 cm³/mol. The van der Waals surface area contributed by atoms with Crippen LogP contribution in [0.1, 0.15) is 30.9 Å². The number of fused-ring (bicyclic) bond motifs is 1. The standard InChI is InChI=1S/C25H31F3N6O2/c1-17(35)30(2)21-10-29-34(16-21)24(36)33-14-19-12-31(13-20(19)15-33)11-18-5-6-23(32-7-3-4-8-32)22(9-18)25(26,27)28/h5-6,9-10,16,19-20H,3-4,7-8,11-15H2,1-2H3. The van der Waals surface area contributed by atoms with Gasteiger partial charge in [0, 0.05) is 65.5 Å². The molecule has 1 aromatic heterocycles. The maximum absolute atomic E-state index is 13.8. The topological polar surface area (TPSA) is 64.9 Å². The number of anilines is 2. The molecular formula is C25H31F3N6O2. The summed E-state index contributed by atoms with van der Waals surface area (Å²) in [6.07, 6.45) is 0.497. The second kappa shape index (κ2) is 9.42. The van der Waals surface area contributed by atoms with E-state index >= 15 is 0 Å². The molecule has 36 heavy (non-hydrogen) atoms. The smallest absolute Gasteiger partial charge is 0.371 e. The van der Waals surface area contributed by atoms with Crippen molar-refractivity contribution in [3.8, 4) is 0 Å². The minimum Gasteiger partial charge on any atom is -0.371 e. The first-order valence-electron chi connectivity index (χ1n) is 12.4. The molecule has 194 valence electrons. The van der Waals surface area contributed by atoms with Crippen molar-refractivity contribution in [3.05, 3.63) is 41.7 Å². The first-order chi connectivity index (χ1) is 17.1. The quantitative estimate of drug-likeness (QED) is 0.638. The molecule has 3 aliphatic rings. The SMILES string of the molecule is CC(=O)N(C)c1cnn(C(=O)N2CC3CN(Cc4ccc(N5CCCC5)c(C(F)(F)F)c4)CC3C2)c1.